The molecule has 3 heterocycles. The van der Waals surface area contributed by atoms with Crippen molar-refractivity contribution in [3.05, 3.63) is 86.6 Å². The second-order valence-corrected chi connectivity index (χ2v) is 9.68. The van der Waals surface area contributed by atoms with Gasteiger partial charge in [-0.05, 0) is 74.9 Å². The van der Waals surface area contributed by atoms with E-state index in [0.717, 1.165) is 35.0 Å². The minimum atomic E-state index is -0.156. The van der Waals surface area contributed by atoms with Crippen LogP contribution in [-0.2, 0) is 12.8 Å². The molecule has 0 spiro atoms. The second kappa shape index (κ2) is 7.81. The second-order valence-electron chi connectivity index (χ2n) is 8.60. The number of ether oxygens (including phenoxy) is 1. The van der Waals surface area contributed by atoms with Crippen LogP contribution in [-0.4, -0.2) is 14.5 Å². The number of rotatable bonds is 3. The van der Waals surface area contributed by atoms with Crippen molar-refractivity contribution in [3.8, 4) is 17.4 Å². The normalized spacial score (nSPS) is 13.4. The van der Waals surface area contributed by atoms with Crippen molar-refractivity contribution >= 4 is 32.5 Å². The van der Waals surface area contributed by atoms with Crippen LogP contribution in [0.4, 0.5) is 0 Å². The Morgan fingerprint density at radius 3 is 2.58 bits per heavy atom. The average molecular weight is 454 g/mol. The molecule has 3 aromatic heterocycles. The van der Waals surface area contributed by atoms with Gasteiger partial charge in [0.05, 0.1) is 22.3 Å². The molecule has 2 aromatic carbocycles. The van der Waals surface area contributed by atoms with Crippen LogP contribution < -0.4 is 10.3 Å². The minimum absolute atomic E-state index is 0.156. The number of aryl methyl sites for hydroxylation is 4. The molecule has 0 amide bonds. The summed E-state index contributed by atoms with van der Waals surface area (Å²) in [6.07, 6.45) is 4.44. The number of nitrogens with zero attached hydrogens (tertiary/aromatic N) is 3. The molecule has 0 aliphatic heterocycles. The maximum atomic E-state index is 14.0. The number of fused-ring (bicyclic) bond motifs is 5. The van der Waals surface area contributed by atoms with Crippen LogP contribution in [0.1, 0.15) is 34.5 Å². The van der Waals surface area contributed by atoms with E-state index in [1.165, 1.54) is 16.9 Å². The topological polar surface area (TPSA) is 57.0 Å². The molecule has 0 radical (unpaired) electrons. The van der Waals surface area contributed by atoms with Gasteiger partial charge in [0.2, 0.25) is 0 Å². The lowest BCUT2D eigenvalue weighted by Crippen LogP contribution is -2.22. The largest absolute Gasteiger partial charge is 0.425 e. The van der Waals surface area contributed by atoms with Crippen LogP contribution in [0.2, 0.25) is 0 Å². The Morgan fingerprint density at radius 1 is 0.939 bits per heavy atom. The molecular formula is C27H23N3O2S. The van der Waals surface area contributed by atoms with Crippen LogP contribution in [0.5, 0.6) is 11.8 Å². The van der Waals surface area contributed by atoms with E-state index in [1.807, 2.05) is 68.4 Å². The molecule has 33 heavy (non-hydrogen) atoms. The van der Waals surface area contributed by atoms with Crippen molar-refractivity contribution in [2.24, 2.45) is 0 Å². The Hall–Kier alpha value is -3.51. The first-order valence-corrected chi connectivity index (χ1v) is 12.1. The van der Waals surface area contributed by atoms with E-state index >= 15 is 0 Å². The fraction of sp³-hybridized carbons (Fsp3) is 0.222. The third-order valence-corrected chi connectivity index (χ3v) is 7.47. The van der Waals surface area contributed by atoms with Gasteiger partial charge in [0, 0.05) is 10.3 Å². The van der Waals surface area contributed by atoms with E-state index in [2.05, 4.69) is 0 Å². The van der Waals surface area contributed by atoms with Crippen molar-refractivity contribution in [1.29, 1.82) is 0 Å². The summed E-state index contributed by atoms with van der Waals surface area (Å²) in [6.45, 7) is 3.92. The highest BCUT2D eigenvalue weighted by molar-refractivity contribution is 7.19. The number of para-hydroxylation sites is 1. The van der Waals surface area contributed by atoms with E-state index < -0.39 is 0 Å². The van der Waals surface area contributed by atoms with Gasteiger partial charge in [-0.15, -0.1) is 11.3 Å². The van der Waals surface area contributed by atoms with E-state index in [1.54, 1.807) is 15.9 Å². The van der Waals surface area contributed by atoms with Gasteiger partial charge in [0.15, 0.2) is 0 Å². The summed E-state index contributed by atoms with van der Waals surface area (Å²) in [4.78, 5) is 26.2. The number of benzene rings is 2. The van der Waals surface area contributed by atoms with Crippen LogP contribution >= 0.6 is 11.3 Å². The van der Waals surface area contributed by atoms with E-state index in [-0.39, 0.29) is 11.6 Å². The molecule has 0 saturated carbocycles. The zero-order valence-electron chi connectivity index (χ0n) is 18.6. The van der Waals surface area contributed by atoms with Crippen molar-refractivity contribution in [1.82, 2.24) is 14.5 Å². The molecule has 6 heteroatoms. The lowest BCUT2D eigenvalue weighted by atomic mass is 9.96. The summed E-state index contributed by atoms with van der Waals surface area (Å²) in [7, 11) is 0. The Bertz CT molecular complexity index is 1580. The molecule has 0 bridgehead atoms. The first-order chi connectivity index (χ1) is 16.1. The SMILES string of the molecule is Cc1cccc(Oc2nc3c(c(C)nc4sc5c(c43)CCCC5)c(=O)n2-c2ccccc2)c1. The molecule has 164 valence electrons. The number of hydrogen-bond acceptors (Lipinski definition) is 5. The van der Waals surface area contributed by atoms with Gasteiger partial charge < -0.3 is 4.74 Å². The van der Waals surface area contributed by atoms with Crippen molar-refractivity contribution in [3.63, 3.8) is 0 Å². The number of thiophene rings is 1. The van der Waals surface area contributed by atoms with Crippen LogP contribution in [0.3, 0.4) is 0 Å². The summed E-state index contributed by atoms with van der Waals surface area (Å²) < 4.78 is 7.84. The highest BCUT2D eigenvalue weighted by Crippen LogP contribution is 2.39. The summed E-state index contributed by atoms with van der Waals surface area (Å²) in [5.41, 5.74) is 4.36. The van der Waals surface area contributed by atoms with Crippen LogP contribution in [0.15, 0.2) is 59.4 Å². The molecule has 0 atom stereocenters. The summed E-state index contributed by atoms with van der Waals surface area (Å²) >= 11 is 1.75. The standard InChI is InChI=1S/C27H23N3O2S/c1-16-9-8-12-19(15-16)32-27-29-24-22(26(31)30(27)18-10-4-3-5-11-18)17(2)28-25-23(24)20-13-6-7-14-21(20)33-25/h3-5,8-12,15H,6-7,13-14H2,1-2H3. The number of hydrogen-bond donors (Lipinski definition) is 0. The average Bonchev–Trinajstić information content (AvgIpc) is 3.18. The fourth-order valence-corrected chi connectivity index (χ4v) is 6.06. The quantitative estimate of drug-likeness (QED) is 0.322. The van der Waals surface area contributed by atoms with Crippen molar-refractivity contribution in [2.45, 2.75) is 39.5 Å². The smallest absolute Gasteiger partial charge is 0.310 e. The fourth-order valence-electron chi connectivity index (χ4n) is 4.75. The molecule has 1 aliphatic rings. The van der Waals surface area contributed by atoms with Gasteiger partial charge in [0.25, 0.3) is 5.56 Å². The third kappa shape index (κ3) is 3.33. The molecule has 5 nitrogen and oxygen atoms in total. The van der Waals surface area contributed by atoms with E-state index in [0.29, 0.717) is 28.0 Å². The van der Waals surface area contributed by atoms with Gasteiger partial charge in [-0.2, -0.15) is 4.98 Å². The van der Waals surface area contributed by atoms with E-state index in [4.69, 9.17) is 14.7 Å². The minimum Gasteiger partial charge on any atom is -0.425 e. The number of aromatic nitrogens is 3. The van der Waals surface area contributed by atoms with Crippen LogP contribution in [0.25, 0.3) is 26.8 Å². The molecule has 0 unspecified atom stereocenters. The monoisotopic (exact) mass is 453 g/mol. The lowest BCUT2D eigenvalue weighted by Gasteiger charge is -2.16. The van der Waals surface area contributed by atoms with Gasteiger partial charge >= 0.3 is 6.01 Å². The third-order valence-electron chi connectivity index (χ3n) is 6.29. The zero-order chi connectivity index (χ0) is 22.5. The molecule has 1 aliphatic carbocycles. The van der Waals surface area contributed by atoms with E-state index in [9.17, 15) is 4.79 Å². The predicted octanol–water partition coefficient (Wildman–Crippen LogP) is 6.28. The van der Waals surface area contributed by atoms with Gasteiger partial charge in [-0.25, -0.2) is 9.55 Å². The lowest BCUT2D eigenvalue weighted by molar-refractivity contribution is 0.427. The summed E-state index contributed by atoms with van der Waals surface area (Å²) in [5, 5.41) is 1.59. The molecule has 0 saturated heterocycles. The highest BCUT2D eigenvalue weighted by atomic mass is 32.1. The first-order valence-electron chi connectivity index (χ1n) is 11.3. The zero-order valence-corrected chi connectivity index (χ0v) is 19.4. The Balaban J connectivity index is 1.71. The Labute approximate surface area is 195 Å². The Morgan fingerprint density at radius 2 is 1.76 bits per heavy atom. The Kier molecular flexibility index (Phi) is 4.76. The van der Waals surface area contributed by atoms with Gasteiger partial charge in [0.1, 0.15) is 10.6 Å². The number of pyridine rings is 1. The maximum absolute atomic E-state index is 14.0. The summed E-state index contributed by atoms with van der Waals surface area (Å²) in [5.74, 6) is 0.653. The molecule has 0 fully saturated rings. The van der Waals surface area contributed by atoms with Crippen molar-refractivity contribution < 1.29 is 4.74 Å². The van der Waals surface area contributed by atoms with Crippen LogP contribution in [0, 0.1) is 13.8 Å². The summed E-state index contributed by atoms with van der Waals surface area (Å²) in [6, 6.07) is 17.6. The maximum Gasteiger partial charge on any atom is 0.310 e. The molecule has 0 N–H and O–H groups in total. The molecule has 5 aromatic rings. The highest BCUT2D eigenvalue weighted by Gasteiger charge is 2.24. The van der Waals surface area contributed by atoms with Gasteiger partial charge in [-0.3, -0.25) is 4.79 Å². The van der Waals surface area contributed by atoms with Gasteiger partial charge in [-0.1, -0.05) is 30.3 Å². The van der Waals surface area contributed by atoms with Crippen molar-refractivity contribution in [2.75, 3.05) is 0 Å². The first kappa shape index (κ1) is 20.1. The molecular weight excluding hydrogens is 430 g/mol. The predicted molar refractivity (Wildman–Crippen MR) is 133 cm³/mol. The molecule has 6 rings (SSSR count).